The SMILES string of the molecule is CS(=O)(=O)c1cccc(NCC(=O)NC2CC2)c1N. The average molecular weight is 283 g/mol. The third-order valence-electron chi connectivity index (χ3n) is 2.85. The first-order chi connectivity index (χ1) is 8.88. The van der Waals surface area contributed by atoms with Crippen molar-refractivity contribution in [1.82, 2.24) is 5.32 Å². The summed E-state index contributed by atoms with van der Waals surface area (Å²) in [5.74, 6) is -0.119. The summed E-state index contributed by atoms with van der Waals surface area (Å²) in [5.41, 5.74) is 6.39. The van der Waals surface area contributed by atoms with E-state index in [9.17, 15) is 13.2 Å². The number of rotatable bonds is 5. The fourth-order valence-electron chi connectivity index (χ4n) is 1.70. The van der Waals surface area contributed by atoms with E-state index >= 15 is 0 Å². The predicted octanol–water partition coefficient (Wildman–Crippen LogP) is 0.363. The summed E-state index contributed by atoms with van der Waals surface area (Å²) in [6.07, 6.45) is 3.15. The van der Waals surface area contributed by atoms with Gasteiger partial charge in [-0.05, 0) is 25.0 Å². The highest BCUT2D eigenvalue weighted by atomic mass is 32.2. The van der Waals surface area contributed by atoms with Gasteiger partial charge in [-0.3, -0.25) is 4.79 Å². The van der Waals surface area contributed by atoms with Gasteiger partial charge >= 0.3 is 0 Å². The molecule has 1 aliphatic carbocycles. The van der Waals surface area contributed by atoms with Crippen molar-refractivity contribution in [3.8, 4) is 0 Å². The number of amides is 1. The zero-order valence-corrected chi connectivity index (χ0v) is 11.5. The molecule has 104 valence electrons. The molecular formula is C12H17N3O3S. The maximum Gasteiger partial charge on any atom is 0.239 e. The first kappa shape index (κ1) is 13.7. The van der Waals surface area contributed by atoms with Gasteiger partial charge in [-0.1, -0.05) is 6.07 Å². The van der Waals surface area contributed by atoms with Crippen molar-refractivity contribution < 1.29 is 13.2 Å². The van der Waals surface area contributed by atoms with Crippen molar-refractivity contribution in [1.29, 1.82) is 0 Å². The summed E-state index contributed by atoms with van der Waals surface area (Å²) in [6, 6.07) is 4.98. The minimum absolute atomic E-state index is 0.0695. The zero-order valence-electron chi connectivity index (χ0n) is 10.6. The van der Waals surface area contributed by atoms with Gasteiger partial charge in [-0.2, -0.15) is 0 Å². The Balaban J connectivity index is 2.06. The summed E-state index contributed by atoms with van der Waals surface area (Å²) in [7, 11) is -3.37. The number of anilines is 2. The average Bonchev–Trinajstić information content (AvgIpc) is 3.10. The van der Waals surface area contributed by atoms with Crippen LogP contribution >= 0.6 is 0 Å². The van der Waals surface area contributed by atoms with Crippen LogP contribution in [-0.4, -0.2) is 33.2 Å². The molecule has 2 rings (SSSR count). The van der Waals surface area contributed by atoms with Crippen LogP contribution in [0, 0.1) is 0 Å². The number of hydrogen-bond donors (Lipinski definition) is 3. The van der Waals surface area contributed by atoms with E-state index in [1.807, 2.05) is 0 Å². The Hall–Kier alpha value is -1.76. The highest BCUT2D eigenvalue weighted by molar-refractivity contribution is 7.90. The maximum absolute atomic E-state index is 11.5. The molecule has 6 nitrogen and oxygen atoms in total. The van der Waals surface area contributed by atoms with Crippen LogP contribution < -0.4 is 16.4 Å². The van der Waals surface area contributed by atoms with E-state index in [4.69, 9.17) is 5.73 Å². The molecule has 1 saturated carbocycles. The number of carbonyl (C=O) groups excluding carboxylic acids is 1. The second-order valence-corrected chi connectivity index (χ2v) is 6.67. The number of hydrogen-bond acceptors (Lipinski definition) is 5. The molecule has 0 heterocycles. The van der Waals surface area contributed by atoms with Crippen LogP contribution in [0.3, 0.4) is 0 Å². The van der Waals surface area contributed by atoms with Crippen molar-refractivity contribution in [2.24, 2.45) is 0 Å². The molecule has 1 fully saturated rings. The first-order valence-corrected chi connectivity index (χ1v) is 7.89. The van der Waals surface area contributed by atoms with Crippen molar-refractivity contribution in [2.45, 2.75) is 23.8 Å². The molecule has 7 heteroatoms. The molecule has 1 aliphatic rings. The molecule has 4 N–H and O–H groups in total. The van der Waals surface area contributed by atoms with Crippen molar-refractivity contribution in [3.05, 3.63) is 18.2 Å². The van der Waals surface area contributed by atoms with E-state index in [1.54, 1.807) is 12.1 Å². The van der Waals surface area contributed by atoms with Crippen LogP contribution in [-0.2, 0) is 14.6 Å². The van der Waals surface area contributed by atoms with Gasteiger partial charge in [0.1, 0.15) is 0 Å². The lowest BCUT2D eigenvalue weighted by Crippen LogP contribution is -2.31. The van der Waals surface area contributed by atoms with Crippen molar-refractivity contribution in [2.75, 3.05) is 23.9 Å². The van der Waals surface area contributed by atoms with E-state index in [1.165, 1.54) is 6.07 Å². The third kappa shape index (κ3) is 3.60. The molecule has 0 radical (unpaired) electrons. The van der Waals surface area contributed by atoms with Gasteiger partial charge in [0.2, 0.25) is 5.91 Å². The molecule has 0 aromatic heterocycles. The van der Waals surface area contributed by atoms with Gasteiger partial charge < -0.3 is 16.4 Å². The standard InChI is InChI=1S/C12H17N3O3S/c1-19(17,18)10-4-2-3-9(12(10)13)14-7-11(16)15-8-5-6-8/h2-4,8,14H,5-7,13H2,1H3,(H,15,16). The molecule has 0 bridgehead atoms. The molecular weight excluding hydrogens is 266 g/mol. The van der Waals surface area contributed by atoms with Crippen LogP contribution in [0.1, 0.15) is 12.8 Å². The van der Waals surface area contributed by atoms with Crippen LogP contribution in [0.5, 0.6) is 0 Å². The molecule has 0 atom stereocenters. The number of sulfone groups is 1. The fourth-order valence-corrected chi connectivity index (χ4v) is 2.54. The fraction of sp³-hybridized carbons (Fsp3) is 0.417. The zero-order chi connectivity index (χ0) is 14.0. The lowest BCUT2D eigenvalue weighted by molar-refractivity contribution is -0.119. The smallest absolute Gasteiger partial charge is 0.239 e. The van der Waals surface area contributed by atoms with Crippen LogP contribution in [0.15, 0.2) is 23.1 Å². The molecule has 0 saturated heterocycles. The van der Waals surface area contributed by atoms with Crippen LogP contribution in [0.2, 0.25) is 0 Å². The summed E-state index contributed by atoms with van der Waals surface area (Å²) >= 11 is 0. The van der Waals surface area contributed by atoms with E-state index < -0.39 is 9.84 Å². The monoisotopic (exact) mass is 283 g/mol. The Labute approximate surface area is 112 Å². The van der Waals surface area contributed by atoms with E-state index in [-0.39, 0.29) is 23.0 Å². The molecule has 1 aromatic rings. The molecule has 0 aliphatic heterocycles. The summed E-state index contributed by atoms with van der Waals surface area (Å²) in [6.45, 7) is 0.0773. The number of nitrogen functional groups attached to an aromatic ring is 1. The Morgan fingerprint density at radius 3 is 2.68 bits per heavy atom. The molecule has 19 heavy (non-hydrogen) atoms. The normalized spacial score (nSPS) is 15.0. The largest absolute Gasteiger partial charge is 0.396 e. The predicted molar refractivity (Wildman–Crippen MR) is 73.6 cm³/mol. The van der Waals surface area contributed by atoms with Crippen molar-refractivity contribution in [3.63, 3.8) is 0 Å². The quantitative estimate of drug-likeness (QED) is 0.677. The highest BCUT2D eigenvalue weighted by Crippen LogP contribution is 2.26. The highest BCUT2D eigenvalue weighted by Gasteiger charge is 2.23. The van der Waals surface area contributed by atoms with Crippen LogP contribution in [0.25, 0.3) is 0 Å². The minimum atomic E-state index is -3.37. The molecule has 1 aromatic carbocycles. The first-order valence-electron chi connectivity index (χ1n) is 5.99. The van der Waals surface area contributed by atoms with Crippen LogP contribution in [0.4, 0.5) is 11.4 Å². The van der Waals surface area contributed by atoms with E-state index in [2.05, 4.69) is 10.6 Å². The summed E-state index contributed by atoms with van der Waals surface area (Å²) in [5, 5.41) is 5.68. The van der Waals surface area contributed by atoms with Crippen molar-refractivity contribution >= 4 is 27.1 Å². The van der Waals surface area contributed by atoms with Gasteiger partial charge in [0, 0.05) is 12.3 Å². The number of benzene rings is 1. The Morgan fingerprint density at radius 2 is 2.11 bits per heavy atom. The van der Waals surface area contributed by atoms with Gasteiger partial charge in [0.25, 0.3) is 0 Å². The third-order valence-corrected chi connectivity index (χ3v) is 4.00. The maximum atomic E-state index is 11.5. The van der Waals surface area contributed by atoms with E-state index in [0.717, 1.165) is 19.1 Å². The number of carbonyl (C=O) groups is 1. The topological polar surface area (TPSA) is 101 Å². The summed E-state index contributed by atoms with van der Waals surface area (Å²) in [4.78, 5) is 11.6. The summed E-state index contributed by atoms with van der Waals surface area (Å²) < 4.78 is 23.0. The number of para-hydroxylation sites is 1. The second kappa shape index (κ2) is 5.08. The minimum Gasteiger partial charge on any atom is -0.396 e. The second-order valence-electron chi connectivity index (χ2n) is 4.68. The molecule has 0 spiro atoms. The van der Waals surface area contributed by atoms with Gasteiger partial charge in [-0.15, -0.1) is 0 Å². The van der Waals surface area contributed by atoms with Gasteiger partial charge in [-0.25, -0.2) is 8.42 Å². The number of nitrogens with two attached hydrogens (primary N) is 1. The number of nitrogens with one attached hydrogen (secondary N) is 2. The Kier molecular flexibility index (Phi) is 3.66. The lowest BCUT2D eigenvalue weighted by Gasteiger charge is -2.12. The van der Waals surface area contributed by atoms with Gasteiger partial charge in [0.15, 0.2) is 9.84 Å². The van der Waals surface area contributed by atoms with Gasteiger partial charge in [0.05, 0.1) is 22.8 Å². The molecule has 0 unspecified atom stereocenters. The lowest BCUT2D eigenvalue weighted by atomic mass is 10.2. The Morgan fingerprint density at radius 1 is 1.42 bits per heavy atom. The molecule has 1 amide bonds. The Bertz CT molecular complexity index is 594. The van der Waals surface area contributed by atoms with E-state index in [0.29, 0.717) is 11.7 Å².